The molecular weight excluding hydrogens is 227 g/mol. The van der Waals surface area contributed by atoms with Gasteiger partial charge >= 0.3 is 0 Å². The van der Waals surface area contributed by atoms with Crippen LogP contribution in [0.25, 0.3) is 0 Å². The number of rotatable bonds is 5. The van der Waals surface area contributed by atoms with Crippen LogP contribution in [0.4, 0.5) is 4.39 Å². The number of ketones is 1. The Hall–Kier alpha value is -1.96. The van der Waals surface area contributed by atoms with Crippen molar-refractivity contribution in [3.05, 3.63) is 71.8 Å². The second-order valence-corrected chi connectivity index (χ2v) is 4.22. The number of benzene rings is 2. The normalized spacial score (nSPS) is 12.1. The Kier molecular flexibility index (Phi) is 4.24. The van der Waals surface area contributed by atoms with Crippen LogP contribution < -0.4 is 0 Å². The molecule has 0 fully saturated rings. The van der Waals surface area contributed by atoms with Gasteiger partial charge in [0.1, 0.15) is 0 Å². The van der Waals surface area contributed by atoms with Gasteiger partial charge < -0.3 is 0 Å². The van der Waals surface area contributed by atoms with E-state index in [2.05, 4.69) is 0 Å². The highest BCUT2D eigenvalue weighted by Gasteiger charge is 2.18. The molecule has 0 saturated heterocycles. The van der Waals surface area contributed by atoms with E-state index in [1.54, 1.807) is 24.3 Å². The summed E-state index contributed by atoms with van der Waals surface area (Å²) in [6.07, 6.45) is -0.606. The number of carbonyl (C=O) groups is 1. The summed E-state index contributed by atoms with van der Waals surface area (Å²) in [6, 6.07) is 18.3. The van der Waals surface area contributed by atoms with Gasteiger partial charge in [0.2, 0.25) is 0 Å². The molecule has 0 saturated carbocycles. The zero-order valence-corrected chi connectivity index (χ0v) is 10.1. The van der Waals surface area contributed by atoms with Gasteiger partial charge in [-0.2, -0.15) is 0 Å². The van der Waals surface area contributed by atoms with Crippen molar-refractivity contribution in [3.8, 4) is 0 Å². The molecule has 0 aliphatic rings. The number of hydrogen-bond donors (Lipinski definition) is 0. The zero-order chi connectivity index (χ0) is 12.8. The van der Waals surface area contributed by atoms with E-state index in [9.17, 15) is 9.18 Å². The maximum Gasteiger partial charge on any atom is 0.196 e. The minimum Gasteiger partial charge on any atom is -0.291 e. The van der Waals surface area contributed by atoms with Crippen LogP contribution >= 0.6 is 0 Å². The summed E-state index contributed by atoms with van der Waals surface area (Å²) in [7, 11) is 0. The fourth-order valence-electron chi connectivity index (χ4n) is 1.85. The lowest BCUT2D eigenvalue weighted by Gasteiger charge is -2.07. The Balaban J connectivity index is 1.93. The Labute approximate surface area is 106 Å². The summed E-state index contributed by atoms with van der Waals surface area (Å²) in [6.45, 7) is 0. The largest absolute Gasteiger partial charge is 0.291 e. The predicted octanol–water partition coefficient (Wildman–Crippen LogP) is 3.84. The van der Waals surface area contributed by atoms with Gasteiger partial charge in [-0.25, -0.2) is 4.39 Å². The molecule has 0 aliphatic carbocycles. The number of carbonyl (C=O) groups excluding carboxylic acids is 1. The van der Waals surface area contributed by atoms with Gasteiger partial charge in [0.15, 0.2) is 12.0 Å². The van der Waals surface area contributed by atoms with Crippen LogP contribution in [0, 0.1) is 0 Å². The molecular formula is C16H15FO. The molecule has 2 aromatic carbocycles. The van der Waals surface area contributed by atoms with E-state index < -0.39 is 12.0 Å². The van der Waals surface area contributed by atoms with Crippen LogP contribution in [0.3, 0.4) is 0 Å². The summed E-state index contributed by atoms with van der Waals surface area (Å²) in [4.78, 5) is 11.8. The SMILES string of the molecule is O=C(c1ccccc1)C(F)CCc1ccccc1. The molecule has 2 rings (SSSR count). The van der Waals surface area contributed by atoms with Crippen molar-refractivity contribution in [1.82, 2.24) is 0 Å². The Bertz CT molecular complexity index is 493. The lowest BCUT2D eigenvalue weighted by atomic mass is 10.0. The lowest BCUT2D eigenvalue weighted by molar-refractivity contribution is 0.0869. The molecule has 1 unspecified atom stereocenters. The summed E-state index contributed by atoms with van der Waals surface area (Å²) < 4.78 is 13.8. The van der Waals surface area contributed by atoms with Gasteiger partial charge in [-0.3, -0.25) is 4.79 Å². The minimum atomic E-state index is -1.42. The molecule has 0 aliphatic heterocycles. The first-order valence-corrected chi connectivity index (χ1v) is 6.04. The Morgan fingerprint density at radius 1 is 0.944 bits per heavy atom. The van der Waals surface area contributed by atoms with E-state index in [1.165, 1.54) is 0 Å². The van der Waals surface area contributed by atoms with Crippen molar-refractivity contribution in [3.63, 3.8) is 0 Å². The fourth-order valence-corrected chi connectivity index (χ4v) is 1.85. The molecule has 1 nitrogen and oxygen atoms in total. The van der Waals surface area contributed by atoms with E-state index >= 15 is 0 Å². The summed E-state index contributed by atoms with van der Waals surface area (Å²) >= 11 is 0. The van der Waals surface area contributed by atoms with Crippen molar-refractivity contribution in [2.75, 3.05) is 0 Å². The third kappa shape index (κ3) is 3.27. The van der Waals surface area contributed by atoms with Crippen LogP contribution in [-0.4, -0.2) is 12.0 Å². The number of aryl methyl sites for hydroxylation is 1. The van der Waals surface area contributed by atoms with Crippen molar-refractivity contribution in [1.29, 1.82) is 0 Å². The Morgan fingerprint density at radius 2 is 1.50 bits per heavy atom. The molecule has 2 heteroatoms. The highest BCUT2D eigenvalue weighted by molar-refractivity contribution is 5.99. The fraction of sp³-hybridized carbons (Fsp3) is 0.188. The first-order chi connectivity index (χ1) is 8.77. The third-order valence-electron chi connectivity index (χ3n) is 2.87. The van der Waals surface area contributed by atoms with Gasteiger partial charge in [-0.15, -0.1) is 0 Å². The predicted molar refractivity (Wildman–Crippen MR) is 70.4 cm³/mol. The number of halogens is 1. The molecule has 0 aromatic heterocycles. The summed E-state index contributed by atoms with van der Waals surface area (Å²) in [5.74, 6) is -0.425. The second kappa shape index (κ2) is 6.10. The third-order valence-corrected chi connectivity index (χ3v) is 2.87. The standard InChI is InChI=1S/C16H15FO/c17-15(12-11-13-7-3-1-4-8-13)16(18)14-9-5-2-6-10-14/h1-10,15H,11-12H2. The average Bonchev–Trinajstić information content (AvgIpc) is 2.46. The van der Waals surface area contributed by atoms with Gasteiger partial charge in [0.05, 0.1) is 0 Å². The van der Waals surface area contributed by atoms with Crippen molar-refractivity contribution < 1.29 is 9.18 Å². The molecule has 0 heterocycles. The van der Waals surface area contributed by atoms with Crippen molar-refractivity contribution >= 4 is 5.78 Å². The Morgan fingerprint density at radius 3 is 2.11 bits per heavy atom. The van der Waals surface area contributed by atoms with Crippen LogP contribution in [0.1, 0.15) is 22.3 Å². The van der Waals surface area contributed by atoms with Crippen molar-refractivity contribution in [2.45, 2.75) is 19.0 Å². The molecule has 0 spiro atoms. The molecule has 18 heavy (non-hydrogen) atoms. The van der Waals surface area contributed by atoms with E-state index in [4.69, 9.17) is 0 Å². The topological polar surface area (TPSA) is 17.1 Å². The second-order valence-electron chi connectivity index (χ2n) is 4.22. The quantitative estimate of drug-likeness (QED) is 0.728. The number of Topliss-reactive ketones (excluding diaryl/α,β-unsaturated/α-hetero) is 1. The van der Waals surface area contributed by atoms with Crippen LogP contribution in [0.15, 0.2) is 60.7 Å². The van der Waals surface area contributed by atoms with Crippen molar-refractivity contribution in [2.24, 2.45) is 0 Å². The molecule has 2 aromatic rings. The van der Waals surface area contributed by atoms with Crippen LogP contribution in [0.5, 0.6) is 0 Å². The maximum absolute atomic E-state index is 13.8. The monoisotopic (exact) mass is 242 g/mol. The molecule has 0 amide bonds. The zero-order valence-electron chi connectivity index (χ0n) is 10.1. The maximum atomic E-state index is 13.8. The van der Waals surface area contributed by atoms with E-state index in [0.717, 1.165) is 5.56 Å². The van der Waals surface area contributed by atoms with Gasteiger partial charge in [0, 0.05) is 5.56 Å². The molecule has 0 N–H and O–H groups in total. The first kappa shape index (κ1) is 12.5. The van der Waals surface area contributed by atoms with E-state index in [0.29, 0.717) is 12.0 Å². The molecule has 1 atom stereocenters. The summed E-state index contributed by atoms with van der Waals surface area (Å²) in [5, 5.41) is 0. The van der Waals surface area contributed by atoms with Gasteiger partial charge in [0.25, 0.3) is 0 Å². The summed E-state index contributed by atoms with van der Waals surface area (Å²) in [5.41, 5.74) is 1.50. The highest BCUT2D eigenvalue weighted by atomic mass is 19.1. The molecule has 0 radical (unpaired) electrons. The minimum absolute atomic E-state index is 0.234. The lowest BCUT2D eigenvalue weighted by Crippen LogP contribution is -2.16. The van der Waals surface area contributed by atoms with Crippen LogP contribution in [-0.2, 0) is 6.42 Å². The van der Waals surface area contributed by atoms with Gasteiger partial charge in [-0.05, 0) is 18.4 Å². The number of hydrogen-bond acceptors (Lipinski definition) is 1. The highest BCUT2D eigenvalue weighted by Crippen LogP contribution is 2.12. The first-order valence-electron chi connectivity index (χ1n) is 6.04. The smallest absolute Gasteiger partial charge is 0.196 e. The molecule has 0 bridgehead atoms. The van der Waals surface area contributed by atoms with Crippen LogP contribution in [0.2, 0.25) is 0 Å². The van der Waals surface area contributed by atoms with Gasteiger partial charge in [-0.1, -0.05) is 60.7 Å². The van der Waals surface area contributed by atoms with E-state index in [-0.39, 0.29) is 6.42 Å². The van der Waals surface area contributed by atoms with E-state index in [1.807, 2.05) is 36.4 Å². The average molecular weight is 242 g/mol. The number of alkyl halides is 1. The molecule has 92 valence electrons.